The van der Waals surface area contributed by atoms with Gasteiger partial charge in [0.15, 0.2) is 5.96 Å². The van der Waals surface area contributed by atoms with Gasteiger partial charge in [-0.3, -0.25) is 9.89 Å². The molecule has 0 bridgehead atoms. The van der Waals surface area contributed by atoms with Gasteiger partial charge in [0.05, 0.1) is 13.2 Å². The number of unbranched alkanes of at least 4 members (excludes halogenated alkanes) is 1. The van der Waals surface area contributed by atoms with Crippen LogP contribution < -0.4 is 10.6 Å². The van der Waals surface area contributed by atoms with E-state index in [-0.39, 0.29) is 24.0 Å². The second-order valence-electron chi connectivity index (χ2n) is 7.97. The van der Waals surface area contributed by atoms with Crippen molar-refractivity contribution < 1.29 is 4.74 Å². The number of nitrogens with zero attached hydrogens (tertiary/aromatic N) is 2. The minimum Gasteiger partial charge on any atom is -0.379 e. The molecule has 1 saturated carbocycles. The fraction of sp³-hybridized carbons (Fsp3) is 0.947. The van der Waals surface area contributed by atoms with Gasteiger partial charge in [0.1, 0.15) is 0 Å². The number of halogens is 1. The third kappa shape index (κ3) is 8.43. The normalized spacial score (nSPS) is 20.7. The topological polar surface area (TPSA) is 48.9 Å². The van der Waals surface area contributed by atoms with Crippen LogP contribution in [0.4, 0.5) is 0 Å². The monoisotopic (exact) mass is 466 g/mol. The third-order valence-corrected chi connectivity index (χ3v) is 5.41. The lowest BCUT2D eigenvalue weighted by Crippen LogP contribution is -2.47. The molecule has 0 atom stereocenters. The minimum absolute atomic E-state index is 0. The first kappa shape index (κ1) is 23.0. The van der Waals surface area contributed by atoms with Crippen LogP contribution in [0.2, 0.25) is 0 Å². The molecule has 0 aromatic rings. The van der Waals surface area contributed by atoms with Gasteiger partial charge in [-0.15, -0.1) is 24.0 Å². The van der Waals surface area contributed by atoms with Crippen molar-refractivity contribution >= 4 is 29.9 Å². The second kappa shape index (κ2) is 12.3. The van der Waals surface area contributed by atoms with E-state index >= 15 is 0 Å². The van der Waals surface area contributed by atoms with Gasteiger partial charge in [-0.1, -0.05) is 20.3 Å². The maximum Gasteiger partial charge on any atom is 0.190 e. The lowest BCUT2D eigenvalue weighted by Gasteiger charge is -2.43. The van der Waals surface area contributed by atoms with Crippen molar-refractivity contribution in [1.29, 1.82) is 0 Å². The summed E-state index contributed by atoms with van der Waals surface area (Å²) in [6.45, 7) is 11.9. The van der Waals surface area contributed by atoms with Gasteiger partial charge < -0.3 is 15.4 Å². The Morgan fingerprint density at radius 3 is 2.44 bits per heavy atom. The van der Waals surface area contributed by atoms with E-state index in [9.17, 15) is 0 Å². The van der Waals surface area contributed by atoms with Crippen LogP contribution >= 0.6 is 24.0 Å². The summed E-state index contributed by atoms with van der Waals surface area (Å²) < 4.78 is 5.39. The van der Waals surface area contributed by atoms with Gasteiger partial charge in [-0.25, -0.2) is 0 Å². The van der Waals surface area contributed by atoms with Crippen LogP contribution in [-0.4, -0.2) is 63.8 Å². The van der Waals surface area contributed by atoms with Gasteiger partial charge >= 0.3 is 0 Å². The summed E-state index contributed by atoms with van der Waals surface area (Å²) in [5.41, 5.74) is 0.516. The summed E-state index contributed by atoms with van der Waals surface area (Å²) in [6.07, 6.45) is 7.89. The molecule has 0 aromatic heterocycles. The Hall–Kier alpha value is -0.0800. The highest BCUT2D eigenvalue weighted by molar-refractivity contribution is 14.0. The summed E-state index contributed by atoms with van der Waals surface area (Å²) in [5, 5.41) is 7.05. The van der Waals surface area contributed by atoms with E-state index in [2.05, 4.69) is 34.4 Å². The smallest absolute Gasteiger partial charge is 0.190 e. The molecular weight excluding hydrogens is 427 g/mol. The molecule has 2 rings (SSSR count). The summed E-state index contributed by atoms with van der Waals surface area (Å²) in [5.74, 6) is 1.75. The largest absolute Gasteiger partial charge is 0.379 e. The molecule has 25 heavy (non-hydrogen) atoms. The molecule has 2 fully saturated rings. The fourth-order valence-corrected chi connectivity index (χ4v) is 3.98. The Labute approximate surface area is 171 Å². The van der Waals surface area contributed by atoms with Crippen LogP contribution in [-0.2, 0) is 4.74 Å². The van der Waals surface area contributed by atoms with E-state index in [1.165, 1.54) is 45.1 Å². The third-order valence-electron chi connectivity index (χ3n) is 5.41. The van der Waals surface area contributed by atoms with E-state index in [4.69, 9.17) is 4.74 Å². The summed E-state index contributed by atoms with van der Waals surface area (Å²) in [6, 6.07) is 0. The van der Waals surface area contributed by atoms with E-state index < -0.39 is 0 Å². The average Bonchev–Trinajstić information content (AvgIpc) is 2.55. The van der Waals surface area contributed by atoms with Crippen LogP contribution in [0.1, 0.15) is 52.4 Å². The minimum atomic E-state index is 0. The molecule has 0 amide bonds. The lowest BCUT2D eigenvalue weighted by atomic mass is 9.64. The van der Waals surface area contributed by atoms with Gasteiger partial charge in [0.2, 0.25) is 0 Å². The molecule has 0 spiro atoms. The van der Waals surface area contributed by atoms with Gasteiger partial charge in [0.25, 0.3) is 0 Å². The second-order valence-corrected chi connectivity index (χ2v) is 7.97. The standard InChI is InChI=1S/C19H38N4O.HI/c1-17(2)15-19(7-6-8-19)16-22-18(20-3)21-9-4-5-10-23-11-13-24-14-12-23;/h17H,4-16H2,1-3H3,(H2,20,21,22);1H. The molecule has 1 aliphatic carbocycles. The highest BCUT2D eigenvalue weighted by atomic mass is 127. The van der Waals surface area contributed by atoms with Crippen LogP contribution in [0.15, 0.2) is 4.99 Å². The van der Waals surface area contributed by atoms with Crippen LogP contribution in [0, 0.1) is 11.3 Å². The van der Waals surface area contributed by atoms with Crippen molar-refractivity contribution in [2.75, 3.05) is 53.0 Å². The van der Waals surface area contributed by atoms with E-state index in [1.54, 1.807) is 0 Å². The zero-order valence-corrected chi connectivity index (χ0v) is 18.8. The molecule has 0 aromatic carbocycles. The van der Waals surface area contributed by atoms with E-state index in [1.807, 2.05) is 7.05 Å². The van der Waals surface area contributed by atoms with E-state index in [0.717, 1.165) is 51.3 Å². The molecular formula is C19H39IN4O. The summed E-state index contributed by atoms with van der Waals surface area (Å²) in [4.78, 5) is 6.89. The molecule has 0 radical (unpaired) electrons. The Kier molecular flexibility index (Phi) is 11.3. The van der Waals surface area contributed by atoms with Crippen molar-refractivity contribution in [3.8, 4) is 0 Å². The predicted molar refractivity (Wildman–Crippen MR) is 117 cm³/mol. The number of nitrogens with one attached hydrogen (secondary N) is 2. The molecule has 1 aliphatic heterocycles. The first-order valence-electron chi connectivity index (χ1n) is 9.88. The van der Waals surface area contributed by atoms with Gasteiger partial charge in [0, 0.05) is 33.2 Å². The quantitative estimate of drug-likeness (QED) is 0.237. The first-order chi connectivity index (χ1) is 11.6. The van der Waals surface area contributed by atoms with Crippen LogP contribution in [0.25, 0.3) is 0 Å². The highest BCUT2D eigenvalue weighted by Gasteiger charge is 2.37. The Bertz CT molecular complexity index is 380. The Balaban J connectivity index is 0.00000312. The molecule has 148 valence electrons. The van der Waals surface area contributed by atoms with Gasteiger partial charge in [-0.2, -0.15) is 0 Å². The first-order valence-corrected chi connectivity index (χ1v) is 9.88. The maximum absolute atomic E-state index is 5.39. The zero-order valence-electron chi connectivity index (χ0n) is 16.5. The fourth-order valence-electron chi connectivity index (χ4n) is 3.98. The van der Waals surface area contributed by atoms with Crippen molar-refractivity contribution in [1.82, 2.24) is 15.5 Å². The van der Waals surface area contributed by atoms with Crippen molar-refractivity contribution in [2.45, 2.75) is 52.4 Å². The zero-order chi connectivity index (χ0) is 17.3. The van der Waals surface area contributed by atoms with E-state index in [0.29, 0.717) is 5.41 Å². The number of guanidine groups is 1. The molecule has 2 N–H and O–H groups in total. The van der Waals surface area contributed by atoms with Crippen LogP contribution in [0.3, 0.4) is 0 Å². The SMILES string of the molecule is CN=C(NCCCCN1CCOCC1)NCC1(CC(C)C)CCC1.I. The van der Waals surface area contributed by atoms with Crippen molar-refractivity contribution in [2.24, 2.45) is 16.3 Å². The number of morpholine rings is 1. The number of ether oxygens (including phenoxy) is 1. The Morgan fingerprint density at radius 2 is 1.88 bits per heavy atom. The molecule has 1 heterocycles. The molecule has 2 aliphatic rings. The van der Waals surface area contributed by atoms with Crippen molar-refractivity contribution in [3.63, 3.8) is 0 Å². The number of rotatable bonds is 9. The molecule has 6 heteroatoms. The number of hydrogen-bond acceptors (Lipinski definition) is 3. The Morgan fingerprint density at radius 1 is 1.16 bits per heavy atom. The lowest BCUT2D eigenvalue weighted by molar-refractivity contribution is 0.0372. The number of hydrogen-bond donors (Lipinski definition) is 2. The van der Waals surface area contributed by atoms with Crippen molar-refractivity contribution in [3.05, 3.63) is 0 Å². The molecule has 5 nitrogen and oxygen atoms in total. The predicted octanol–water partition coefficient (Wildman–Crippen LogP) is 3.10. The highest BCUT2D eigenvalue weighted by Crippen LogP contribution is 2.45. The summed E-state index contributed by atoms with van der Waals surface area (Å²) in [7, 11) is 1.87. The molecule has 1 saturated heterocycles. The maximum atomic E-state index is 5.39. The summed E-state index contributed by atoms with van der Waals surface area (Å²) >= 11 is 0. The number of aliphatic imine (C=N–C) groups is 1. The van der Waals surface area contributed by atoms with Gasteiger partial charge in [-0.05, 0) is 50.0 Å². The molecule has 0 unspecified atom stereocenters. The van der Waals surface area contributed by atoms with Crippen LogP contribution in [0.5, 0.6) is 0 Å². The average molecular weight is 466 g/mol.